The van der Waals surface area contributed by atoms with E-state index in [0.29, 0.717) is 30.7 Å². The van der Waals surface area contributed by atoms with Gasteiger partial charge < -0.3 is 19.9 Å². The Kier molecular flexibility index (Phi) is 7.90. The van der Waals surface area contributed by atoms with Gasteiger partial charge in [-0.1, -0.05) is 19.9 Å². The standard InChI is InChI=1S/C29H38FN5O3/c1-16(2)26-20(12-35-17(3)13-38-14-18(35)4)10-31-24-7-6-21(19(5)27(24)26)28-22(30)11-32-29(34-28)33-23-8-9-37-15-25(23)36/h6-7,10-11,16-18,23,25,36H,8-9,12-15H2,1-5H3,(H,32,33,34)/t17-,18-,23-,25-/m1/s1. The normalized spacial score (nSPS) is 24.7. The number of rotatable bonds is 6. The van der Waals surface area contributed by atoms with Crippen molar-refractivity contribution >= 4 is 16.9 Å². The Morgan fingerprint density at radius 3 is 2.58 bits per heavy atom. The van der Waals surface area contributed by atoms with Crippen LogP contribution in [-0.4, -0.2) is 75.6 Å². The van der Waals surface area contributed by atoms with Gasteiger partial charge in [-0.05, 0) is 55.9 Å². The van der Waals surface area contributed by atoms with E-state index in [2.05, 4.69) is 47.9 Å². The van der Waals surface area contributed by atoms with Crippen LogP contribution in [-0.2, 0) is 16.0 Å². The summed E-state index contributed by atoms with van der Waals surface area (Å²) in [6.07, 6.45) is 3.15. The largest absolute Gasteiger partial charge is 0.389 e. The van der Waals surface area contributed by atoms with E-state index in [1.165, 1.54) is 17.3 Å². The van der Waals surface area contributed by atoms with Crippen molar-refractivity contribution in [2.24, 2.45) is 0 Å². The Bertz CT molecular complexity index is 1290. The smallest absolute Gasteiger partial charge is 0.223 e. The van der Waals surface area contributed by atoms with Gasteiger partial charge in [0.15, 0.2) is 5.82 Å². The molecule has 204 valence electrons. The molecule has 1 aromatic carbocycles. The fourth-order valence-corrected chi connectivity index (χ4v) is 5.79. The van der Waals surface area contributed by atoms with Crippen molar-refractivity contribution in [3.8, 4) is 11.3 Å². The van der Waals surface area contributed by atoms with Gasteiger partial charge in [0.05, 0.1) is 43.7 Å². The molecule has 8 nitrogen and oxygen atoms in total. The third kappa shape index (κ3) is 5.25. The fourth-order valence-electron chi connectivity index (χ4n) is 5.79. The molecule has 3 aromatic rings. The Morgan fingerprint density at radius 1 is 1.11 bits per heavy atom. The molecule has 0 spiro atoms. The maximum atomic E-state index is 15.2. The first-order valence-electron chi connectivity index (χ1n) is 13.5. The van der Waals surface area contributed by atoms with E-state index in [9.17, 15) is 5.11 Å². The molecule has 0 saturated carbocycles. The third-order valence-corrected chi connectivity index (χ3v) is 7.84. The van der Waals surface area contributed by atoms with Gasteiger partial charge >= 0.3 is 0 Å². The summed E-state index contributed by atoms with van der Waals surface area (Å²) in [6, 6.07) is 4.22. The molecule has 2 aliphatic heterocycles. The molecule has 2 N–H and O–H groups in total. The van der Waals surface area contributed by atoms with Gasteiger partial charge in [0.1, 0.15) is 5.69 Å². The number of morpholine rings is 1. The molecule has 2 aromatic heterocycles. The van der Waals surface area contributed by atoms with Crippen LogP contribution in [0.3, 0.4) is 0 Å². The summed E-state index contributed by atoms with van der Waals surface area (Å²) >= 11 is 0. The summed E-state index contributed by atoms with van der Waals surface area (Å²) in [7, 11) is 0. The number of aliphatic hydroxyl groups excluding tert-OH is 1. The monoisotopic (exact) mass is 523 g/mol. The Morgan fingerprint density at radius 2 is 1.87 bits per heavy atom. The van der Waals surface area contributed by atoms with Crippen LogP contribution in [0.4, 0.5) is 10.3 Å². The molecule has 4 atom stereocenters. The Hall–Kier alpha value is -2.72. The summed E-state index contributed by atoms with van der Waals surface area (Å²) in [5.41, 5.74) is 5.20. The number of anilines is 1. The molecule has 0 radical (unpaired) electrons. The first kappa shape index (κ1) is 26.9. The molecule has 2 aliphatic rings. The summed E-state index contributed by atoms with van der Waals surface area (Å²) in [6.45, 7) is 13.8. The number of aromatic nitrogens is 3. The lowest BCUT2D eigenvalue weighted by Crippen LogP contribution is -2.49. The van der Waals surface area contributed by atoms with E-state index in [4.69, 9.17) is 14.5 Å². The lowest BCUT2D eigenvalue weighted by atomic mass is 9.89. The number of nitrogens with one attached hydrogen (secondary N) is 1. The highest BCUT2D eigenvalue weighted by Gasteiger charge is 2.28. The summed E-state index contributed by atoms with van der Waals surface area (Å²) in [4.78, 5) is 16.0. The van der Waals surface area contributed by atoms with Gasteiger partial charge in [-0.3, -0.25) is 9.88 Å². The summed E-state index contributed by atoms with van der Waals surface area (Å²) < 4.78 is 26.2. The van der Waals surface area contributed by atoms with Crippen LogP contribution in [0.1, 0.15) is 56.7 Å². The number of pyridine rings is 1. The number of benzene rings is 1. The quantitative estimate of drug-likeness (QED) is 0.490. The van der Waals surface area contributed by atoms with Crippen molar-refractivity contribution in [2.45, 2.75) is 77.7 Å². The molecule has 0 unspecified atom stereocenters. The number of fused-ring (bicyclic) bond motifs is 1. The molecule has 2 fully saturated rings. The lowest BCUT2D eigenvalue weighted by Gasteiger charge is -2.39. The van der Waals surface area contributed by atoms with Crippen LogP contribution in [0, 0.1) is 12.7 Å². The average Bonchev–Trinajstić information content (AvgIpc) is 2.89. The highest BCUT2D eigenvalue weighted by atomic mass is 19.1. The highest BCUT2D eigenvalue weighted by Crippen LogP contribution is 2.36. The number of hydrogen-bond donors (Lipinski definition) is 2. The minimum Gasteiger partial charge on any atom is -0.389 e. The minimum atomic E-state index is -0.668. The first-order valence-corrected chi connectivity index (χ1v) is 13.5. The average molecular weight is 524 g/mol. The molecular weight excluding hydrogens is 485 g/mol. The zero-order valence-electron chi connectivity index (χ0n) is 22.9. The van der Waals surface area contributed by atoms with Crippen LogP contribution >= 0.6 is 0 Å². The van der Waals surface area contributed by atoms with Gasteiger partial charge in [0, 0.05) is 42.4 Å². The van der Waals surface area contributed by atoms with Crippen molar-refractivity contribution in [1.29, 1.82) is 0 Å². The Labute approximate surface area is 223 Å². The summed E-state index contributed by atoms with van der Waals surface area (Å²) in [5, 5.41) is 14.5. The third-order valence-electron chi connectivity index (χ3n) is 7.84. The zero-order chi connectivity index (χ0) is 27.0. The fraction of sp³-hybridized carbons (Fsp3) is 0.552. The molecule has 4 heterocycles. The van der Waals surface area contributed by atoms with Crippen LogP contribution in [0.5, 0.6) is 0 Å². The van der Waals surface area contributed by atoms with Gasteiger partial charge in [-0.2, -0.15) is 0 Å². The lowest BCUT2D eigenvalue weighted by molar-refractivity contribution is -0.0411. The van der Waals surface area contributed by atoms with Crippen molar-refractivity contribution in [2.75, 3.05) is 31.7 Å². The molecule has 5 rings (SSSR count). The SMILES string of the molecule is Cc1c(-c2nc(N[C@@H]3CCOC[C@H]3O)ncc2F)ccc2ncc(CN3[C@H](C)COC[C@H]3C)c(C(C)C)c12. The second-order valence-electron chi connectivity index (χ2n) is 11.0. The molecule has 0 bridgehead atoms. The van der Waals surface area contributed by atoms with Crippen molar-refractivity contribution < 1.29 is 19.0 Å². The summed E-state index contributed by atoms with van der Waals surface area (Å²) in [5.74, 6) is 0.0494. The van der Waals surface area contributed by atoms with E-state index in [1.54, 1.807) is 0 Å². The number of hydrogen-bond acceptors (Lipinski definition) is 8. The van der Waals surface area contributed by atoms with Gasteiger partial charge in [0.25, 0.3) is 0 Å². The highest BCUT2D eigenvalue weighted by molar-refractivity contribution is 5.92. The van der Waals surface area contributed by atoms with Crippen LogP contribution in [0.2, 0.25) is 0 Å². The van der Waals surface area contributed by atoms with E-state index >= 15 is 4.39 Å². The van der Waals surface area contributed by atoms with E-state index < -0.39 is 11.9 Å². The van der Waals surface area contributed by atoms with Crippen molar-refractivity contribution in [3.63, 3.8) is 0 Å². The van der Waals surface area contributed by atoms with Gasteiger partial charge in [-0.15, -0.1) is 0 Å². The van der Waals surface area contributed by atoms with Crippen LogP contribution in [0.25, 0.3) is 22.2 Å². The molecule has 0 amide bonds. The minimum absolute atomic E-state index is 0.235. The van der Waals surface area contributed by atoms with Crippen molar-refractivity contribution in [1.82, 2.24) is 19.9 Å². The number of aryl methyl sites for hydroxylation is 1. The molecular formula is C29H38FN5O3. The topological polar surface area (TPSA) is 92.6 Å². The predicted octanol–water partition coefficient (Wildman–Crippen LogP) is 4.43. The van der Waals surface area contributed by atoms with Gasteiger partial charge in [-0.25, -0.2) is 14.4 Å². The van der Waals surface area contributed by atoms with E-state index in [0.717, 1.165) is 36.2 Å². The number of aliphatic hydroxyl groups is 1. The number of nitrogens with zero attached hydrogens (tertiary/aromatic N) is 4. The van der Waals surface area contributed by atoms with Crippen LogP contribution < -0.4 is 5.32 Å². The number of ether oxygens (including phenoxy) is 2. The second kappa shape index (κ2) is 11.2. The number of halogens is 1. The molecule has 2 saturated heterocycles. The predicted molar refractivity (Wildman–Crippen MR) is 146 cm³/mol. The molecule has 38 heavy (non-hydrogen) atoms. The zero-order valence-corrected chi connectivity index (χ0v) is 22.9. The van der Waals surface area contributed by atoms with E-state index in [1.807, 2.05) is 25.3 Å². The molecule has 0 aliphatic carbocycles. The van der Waals surface area contributed by atoms with Crippen LogP contribution in [0.15, 0.2) is 24.5 Å². The van der Waals surface area contributed by atoms with Gasteiger partial charge in [0.2, 0.25) is 5.95 Å². The first-order chi connectivity index (χ1) is 18.2. The maximum absolute atomic E-state index is 15.2. The maximum Gasteiger partial charge on any atom is 0.223 e. The second-order valence-corrected chi connectivity index (χ2v) is 11.0. The van der Waals surface area contributed by atoms with E-state index in [-0.39, 0.29) is 30.2 Å². The Balaban J connectivity index is 1.56. The van der Waals surface area contributed by atoms with Crippen molar-refractivity contribution in [3.05, 3.63) is 47.0 Å². The molecule has 9 heteroatoms.